The van der Waals surface area contributed by atoms with E-state index in [0.717, 1.165) is 23.6 Å². The molecule has 1 heterocycles. The maximum atomic E-state index is 5.94. The first-order chi connectivity index (χ1) is 8.65. The average molecular weight is 266 g/mol. The smallest absolute Gasteiger partial charge is 0.135 e. The molecule has 1 aromatic heterocycles. The van der Waals surface area contributed by atoms with Crippen LogP contribution in [0.1, 0.15) is 37.6 Å². The number of nitrogen functional groups attached to an aromatic ring is 1. The number of nitrogens with zero attached hydrogens (tertiary/aromatic N) is 2. The molecule has 1 fully saturated rings. The summed E-state index contributed by atoms with van der Waals surface area (Å²) >= 11 is 1.94. The molecular formula is C13H22N4S. The zero-order chi connectivity index (χ0) is 13.1. The van der Waals surface area contributed by atoms with Gasteiger partial charge < -0.3 is 11.1 Å². The Morgan fingerprint density at radius 1 is 1.39 bits per heavy atom. The number of nitrogens with two attached hydrogens (primary N) is 1. The SMILES string of the molecule is CCc1nc(N)c(C)c(NC2CCCC2SC)n1. The van der Waals surface area contributed by atoms with Crippen molar-refractivity contribution in [2.45, 2.75) is 50.8 Å². The third-order valence-corrected chi connectivity index (χ3v) is 4.79. The fourth-order valence-electron chi connectivity index (χ4n) is 2.43. The molecule has 18 heavy (non-hydrogen) atoms. The van der Waals surface area contributed by atoms with Gasteiger partial charge in [0.2, 0.25) is 0 Å². The number of rotatable bonds is 4. The Labute approximate surface area is 113 Å². The molecule has 0 aromatic carbocycles. The van der Waals surface area contributed by atoms with Crippen molar-refractivity contribution in [2.75, 3.05) is 17.3 Å². The largest absolute Gasteiger partial charge is 0.383 e. The molecule has 4 nitrogen and oxygen atoms in total. The normalized spacial score (nSPS) is 23.3. The van der Waals surface area contributed by atoms with E-state index in [0.29, 0.717) is 17.1 Å². The summed E-state index contributed by atoms with van der Waals surface area (Å²) in [4.78, 5) is 8.86. The van der Waals surface area contributed by atoms with E-state index < -0.39 is 0 Å². The van der Waals surface area contributed by atoms with Crippen molar-refractivity contribution in [3.63, 3.8) is 0 Å². The lowest BCUT2D eigenvalue weighted by Crippen LogP contribution is -2.27. The van der Waals surface area contributed by atoms with Gasteiger partial charge in [-0.2, -0.15) is 11.8 Å². The fourth-order valence-corrected chi connectivity index (χ4v) is 3.36. The third kappa shape index (κ3) is 2.71. The molecule has 0 amide bonds. The van der Waals surface area contributed by atoms with Crippen LogP contribution in [0.2, 0.25) is 0 Å². The molecule has 1 aliphatic carbocycles. The maximum Gasteiger partial charge on any atom is 0.135 e. The van der Waals surface area contributed by atoms with Crippen LogP contribution in [-0.4, -0.2) is 27.5 Å². The molecule has 1 aromatic rings. The van der Waals surface area contributed by atoms with Crippen molar-refractivity contribution in [1.29, 1.82) is 0 Å². The topological polar surface area (TPSA) is 63.8 Å². The molecule has 0 saturated heterocycles. The van der Waals surface area contributed by atoms with E-state index >= 15 is 0 Å². The molecule has 1 saturated carbocycles. The Morgan fingerprint density at radius 3 is 2.83 bits per heavy atom. The van der Waals surface area contributed by atoms with Gasteiger partial charge in [-0.1, -0.05) is 13.3 Å². The van der Waals surface area contributed by atoms with Gasteiger partial charge in [0.05, 0.1) is 0 Å². The highest BCUT2D eigenvalue weighted by atomic mass is 32.2. The maximum absolute atomic E-state index is 5.94. The number of aryl methyl sites for hydroxylation is 1. The molecule has 1 aliphatic rings. The Bertz CT molecular complexity index is 422. The molecule has 0 aliphatic heterocycles. The second-order valence-corrected chi connectivity index (χ2v) is 5.89. The Kier molecular flexibility index (Phi) is 4.32. The van der Waals surface area contributed by atoms with Gasteiger partial charge in [0, 0.05) is 23.3 Å². The predicted molar refractivity (Wildman–Crippen MR) is 79.1 cm³/mol. The quantitative estimate of drug-likeness (QED) is 0.877. The highest BCUT2D eigenvalue weighted by Gasteiger charge is 2.27. The van der Waals surface area contributed by atoms with E-state index in [2.05, 4.69) is 21.5 Å². The number of anilines is 2. The molecule has 0 bridgehead atoms. The van der Waals surface area contributed by atoms with Gasteiger partial charge in [0.25, 0.3) is 0 Å². The summed E-state index contributed by atoms with van der Waals surface area (Å²) in [6, 6.07) is 0.512. The van der Waals surface area contributed by atoms with Crippen LogP contribution in [0.25, 0.3) is 0 Å². The number of nitrogens with one attached hydrogen (secondary N) is 1. The van der Waals surface area contributed by atoms with E-state index in [9.17, 15) is 0 Å². The van der Waals surface area contributed by atoms with Crippen molar-refractivity contribution < 1.29 is 0 Å². The first-order valence-corrected chi connectivity index (χ1v) is 7.86. The van der Waals surface area contributed by atoms with Crippen LogP contribution in [0.4, 0.5) is 11.6 Å². The van der Waals surface area contributed by atoms with Crippen LogP contribution in [0.15, 0.2) is 0 Å². The van der Waals surface area contributed by atoms with Crippen molar-refractivity contribution in [2.24, 2.45) is 0 Å². The van der Waals surface area contributed by atoms with Gasteiger partial charge >= 0.3 is 0 Å². The highest BCUT2D eigenvalue weighted by Crippen LogP contribution is 2.31. The second-order valence-electron chi connectivity index (χ2n) is 4.81. The predicted octanol–water partition coefficient (Wildman–Crippen LogP) is 2.63. The van der Waals surface area contributed by atoms with Crippen molar-refractivity contribution in [1.82, 2.24) is 9.97 Å². The number of thioether (sulfide) groups is 1. The molecule has 2 rings (SSSR count). The van der Waals surface area contributed by atoms with E-state index in [4.69, 9.17) is 5.73 Å². The Balaban J connectivity index is 2.20. The van der Waals surface area contributed by atoms with Gasteiger partial charge in [0.1, 0.15) is 17.5 Å². The zero-order valence-corrected chi connectivity index (χ0v) is 12.2. The first kappa shape index (κ1) is 13.5. The van der Waals surface area contributed by atoms with Gasteiger partial charge in [-0.25, -0.2) is 9.97 Å². The molecule has 0 radical (unpaired) electrons. The summed E-state index contributed by atoms with van der Waals surface area (Å²) in [6.45, 7) is 4.04. The summed E-state index contributed by atoms with van der Waals surface area (Å²) in [5, 5.41) is 4.26. The lowest BCUT2D eigenvalue weighted by Gasteiger charge is -2.21. The van der Waals surface area contributed by atoms with Crippen LogP contribution < -0.4 is 11.1 Å². The van der Waals surface area contributed by atoms with Crippen molar-refractivity contribution >= 4 is 23.4 Å². The molecule has 2 unspecified atom stereocenters. The number of aromatic nitrogens is 2. The van der Waals surface area contributed by atoms with Gasteiger partial charge in [-0.3, -0.25) is 0 Å². The van der Waals surface area contributed by atoms with Gasteiger partial charge in [-0.05, 0) is 26.0 Å². The van der Waals surface area contributed by atoms with E-state index in [1.165, 1.54) is 19.3 Å². The van der Waals surface area contributed by atoms with E-state index in [-0.39, 0.29) is 0 Å². The number of hydrogen-bond donors (Lipinski definition) is 2. The Hall–Kier alpha value is -0.970. The Morgan fingerprint density at radius 2 is 2.17 bits per heavy atom. The van der Waals surface area contributed by atoms with Crippen LogP contribution >= 0.6 is 11.8 Å². The lowest BCUT2D eigenvalue weighted by atomic mass is 10.2. The minimum atomic E-state index is 0.512. The van der Waals surface area contributed by atoms with E-state index in [1.807, 2.05) is 25.6 Å². The summed E-state index contributed by atoms with van der Waals surface area (Å²) in [5.74, 6) is 2.34. The molecule has 5 heteroatoms. The zero-order valence-electron chi connectivity index (χ0n) is 11.4. The standard InChI is InChI=1S/C13H22N4S/c1-4-11-16-12(14)8(2)13(17-11)15-9-6-5-7-10(9)18-3/h9-10H,4-7H2,1-3H3,(H3,14,15,16,17). The van der Waals surface area contributed by atoms with Crippen LogP contribution in [0.3, 0.4) is 0 Å². The molecule has 3 N–H and O–H groups in total. The molecular weight excluding hydrogens is 244 g/mol. The third-order valence-electron chi connectivity index (χ3n) is 3.62. The fraction of sp³-hybridized carbons (Fsp3) is 0.692. The second kappa shape index (κ2) is 5.78. The van der Waals surface area contributed by atoms with E-state index in [1.54, 1.807) is 0 Å². The van der Waals surface area contributed by atoms with Crippen LogP contribution in [-0.2, 0) is 6.42 Å². The monoisotopic (exact) mass is 266 g/mol. The summed E-state index contributed by atoms with van der Waals surface area (Å²) in [6.07, 6.45) is 6.80. The molecule has 0 spiro atoms. The van der Waals surface area contributed by atoms with Gasteiger partial charge in [-0.15, -0.1) is 0 Å². The summed E-state index contributed by atoms with van der Waals surface area (Å²) < 4.78 is 0. The summed E-state index contributed by atoms with van der Waals surface area (Å²) in [7, 11) is 0. The minimum absolute atomic E-state index is 0.512. The van der Waals surface area contributed by atoms with Crippen LogP contribution in [0.5, 0.6) is 0 Å². The van der Waals surface area contributed by atoms with Gasteiger partial charge in [0.15, 0.2) is 0 Å². The summed E-state index contributed by atoms with van der Waals surface area (Å²) in [5.41, 5.74) is 6.91. The van der Waals surface area contributed by atoms with Crippen molar-refractivity contribution in [3.8, 4) is 0 Å². The molecule has 2 atom stereocenters. The first-order valence-electron chi connectivity index (χ1n) is 6.58. The number of hydrogen-bond acceptors (Lipinski definition) is 5. The highest BCUT2D eigenvalue weighted by molar-refractivity contribution is 7.99. The van der Waals surface area contributed by atoms with Crippen LogP contribution in [0, 0.1) is 6.92 Å². The lowest BCUT2D eigenvalue weighted by molar-refractivity contribution is 0.758. The van der Waals surface area contributed by atoms with Crippen molar-refractivity contribution in [3.05, 3.63) is 11.4 Å². The molecule has 100 valence electrons. The minimum Gasteiger partial charge on any atom is -0.383 e. The average Bonchev–Trinajstić information content (AvgIpc) is 2.81.